The van der Waals surface area contributed by atoms with E-state index >= 15 is 0 Å². The summed E-state index contributed by atoms with van der Waals surface area (Å²) in [5, 5.41) is 11.6. The zero-order valence-electron chi connectivity index (χ0n) is 10.7. The second-order valence-corrected chi connectivity index (χ2v) is 6.14. The van der Waals surface area contributed by atoms with E-state index in [1.807, 2.05) is 6.07 Å². The number of carboxylic acids is 1. The molecule has 0 radical (unpaired) electrons. The number of amides is 2. The fraction of sp³-hybridized carbons (Fsp3) is 0.462. The maximum absolute atomic E-state index is 12.5. The van der Waals surface area contributed by atoms with E-state index in [9.17, 15) is 14.4 Å². The lowest BCUT2D eigenvalue weighted by atomic mass is 10.1. The molecule has 6 nitrogen and oxygen atoms in total. The summed E-state index contributed by atoms with van der Waals surface area (Å²) < 4.78 is 0. The Labute approximate surface area is 119 Å². The summed E-state index contributed by atoms with van der Waals surface area (Å²) in [6.45, 7) is -0.233. The van der Waals surface area contributed by atoms with Crippen LogP contribution in [-0.2, 0) is 22.4 Å². The molecule has 2 heterocycles. The maximum atomic E-state index is 12.5. The molecule has 3 rings (SSSR count). The average molecular weight is 294 g/mol. The molecule has 1 atom stereocenters. The van der Waals surface area contributed by atoms with Gasteiger partial charge in [0.25, 0.3) is 5.91 Å². The number of rotatable bonds is 2. The number of fused-ring (bicyclic) bond motifs is 1. The highest BCUT2D eigenvalue weighted by atomic mass is 32.1. The van der Waals surface area contributed by atoms with Crippen LogP contribution in [0.3, 0.4) is 0 Å². The molecule has 2 aliphatic rings. The second kappa shape index (κ2) is 4.90. The van der Waals surface area contributed by atoms with E-state index in [1.165, 1.54) is 21.8 Å². The van der Waals surface area contributed by atoms with Crippen molar-refractivity contribution in [2.45, 2.75) is 25.3 Å². The minimum Gasteiger partial charge on any atom is -0.480 e. The highest BCUT2D eigenvalue weighted by molar-refractivity contribution is 7.14. The van der Waals surface area contributed by atoms with Crippen LogP contribution in [-0.4, -0.2) is 46.9 Å². The van der Waals surface area contributed by atoms with Gasteiger partial charge in [-0.25, -0.2) is 4.79 Å². The van der Waals surface area contributed by atoms with Gasteiger partial charge in [0.2, 0.25) is 5.91 Å². The van der Waals surface area contributed by atoms with E-state index in [-0.39, 0.29) is 24.9 Å². The predicted molar refractivity (Wildman–Crippen MR) is 71.8 cm³/mol. The largest absolute Gasteiger partial charge is 0.480 e. The molecule has 1 aliphatic carbocycles. The van der Waals surface area contributed by atoms with Crippen LogP contribution in [0.4, 0.5) is 0 Å². The molecule has 1 aromatic heterocycles. The standard InChI is InChI=1S/C13H14N2O4S/c16-11-6-15(8(5-14-11)13(18)19)12(17)10-4-7-2-1-3-9(7)20-10/h4,8H,1-3,5-6H2,(H,14,16)(H,18,19). The van der Waals surface area contributed by atoms with Gasteiger partial charge in [-0.2, -0.15) is 0 Å². The Kier molecular flexibility index (Phi) is 3.21. The molecule has 7 heteroatoms. The van der Waals surface area contributed by atoms with Crippen molar-refractivity contribution in [1.29, 1.82) is 0 Å². The van der Waals surface area contributed by atoms with Gasteiger partial charge in [-0.3, -0.25) is 9.59 Å². The van der Waals surface area contributed by atoms with Gasteiger partial charge in [0.05, 0.1) is 4.88 Å². The molecular weight excluding hydrogens is 280 g/mol. The summed E-state index contributed by atoms with van der Waals surface area (Å²) in [4.78, 5) is 38.0. The third-order valence-corrected chi connectivity index (χ3v) is 4.91. The first-order chi connectivity index (χ1) is 9.56. The van der Waals surface area contributed by atoms with Crippen LogP contribution in [0.1, 0.15) is 26.5 Å². The van der Waals surface area contributed by atoms with Crippen molar-refractivity contribution in [1.82, 2.24) is 10.2 Å². The number of carbonyl (C=O) groups is 3. The van der Waals surface area contributed by atoms with E-state index in [0.717, 1.165) is 24.2 Å². The molecule has 1 fully saturated rings. The Balaban J connectivity index is 1.86. The van der Waals surface area contributed by atoms with Gasteiger partial charge in [-0.15, -0.1) is 11.3 Å². The number of aryl methyl sites for hydroxylation is 2. The number of nitrogens with one attached hydrogen (secondary N) is 1. The molecule has 20 heavy (non-hydrogen) atoms. The lowest BCUT2D eigenvalue weighted by molar-refractivity contribution is -0.144. The van der Waals surface area contributed by atoms with E-state index in [2.05, 4.69) is 5.32 Å². The summed E-state index contributed by atoms with van der Waals surface area (Å²) in [5.74, 6) is -1.77. The summed E-state index contributed by atoms with van der Waals surface area (Å²) in [6.07, 6.45) is 3.07. The lowest BCUT2D eigenvalue weighted by Crippen LogP contribution is -2.59. The summed E-state index contributed by atoms with van der Waals surface area (Å²) >= 11 is 1.42. The Morgan fingerprint density at radius 3 is 2.90 bits per heavy atom. The van der Waals surface area contributed by atoms with Gasteiger partial charge in [0, 0.05) is 11.4 Å². The number of thiophene rings is 1. The predicted octanol–water partition coefficient (Wildman–Crippen LogP) is 0.262. The number of aliphatic carboxylic acids is 1. The van der Waals surface area contributed by atoms with E-state index in [1.54, 1.807) is 0 Å². The van der Waals surface area contributed by atoms with Crippen molar-refractivity contribution in [3.63, 3.8) is 0 Å². The van der Waals surface area contributed by atoms with Crippen LogP contribution < -0.4 is 5.32 Å². The molecule has 2 N–H and O–H groups in total. The molecule has 1 aliphatic heterocycles. The van der Waals surface area contributed by atoms with Gasteiger partial charge < -0.3 is 15.3 Å². The van der Waals surface area contributed by atoms with Crippen molar-refractivity contribution in [2.24, 2.45) is 0 Å². The monoisotopic (exact) mass is 294 g/mol. The topological polar surface area (TPSA) is 86.7 Å². The Hall–Kier alpha value is -1.89. The number of carbonyl (C=O) groups excluding carboxylic acids is 2. The first-order valence-electron chi connectivity index (χ1n) is 6.48. The molecule has 0 aromatic carbocycles. The highest BCUT2D eigenvalue weighted by Crippen LogP contribution is 2.31. The summed E-state index contributed by atoms with van der Waals surface area (Å²) in [6, 6.07) is 0.859. The molecule has 1 aromatic rings. The van der Waals surface area contributed by atoms with E-state index in [4.69, 9.17) is 5.11 Å². The lowest BCUT2D eigenvalue weighted by Gasteiger charge is -2.32. The van der Waals surface area contributed by atoms with E-state index < -0.39 is 12.0 Å². The molecule has 106 valence electrons. The third kappa shape index (κ3) is 2.18. The molecule has 0 bridgehead atoms. The van der Waals surface area contributed by atoms with Crippen molar-refractivity contribution in [3.05, 3.63) is 21.4 Å². The first-order valence-corrected chi connectivity index (χ1v) is 7.30. The first kappa shape index (κ1) is 13.1. The van der Waals surface area contributed by atoms with Crippen LogP contribution in [0, 0.1) is 0 Å². The van der Waals surface area contributed by atoms with Crippen LogP contribution in [0.25, 0.3) is 0 Å². The van der Waals surface area contributed by atoms with Crippen molar-refractivity contribution < 1.29 is 19.5 Å². The smallest absolute Gasteiger partial charge is 0.328 e. The Bertz CT molecular complexity index is 574. The van der Waals surface area contributed by atoms with Crippen LogP contribution in [0.15, 0.2) is 6.07 Å². The second-order valence-electron chi connectivity index (χ2n) is 5.00. The number of carboxylic acid groups (broad SMARTS) is 1. The molecule has 0 spiro atoms. The highest BCUT2D eigenvalue weighted by Gasteiger charge is 2.36. The fourth-order valence-electron chi connectivity index (χ4n) is 2.65. The summed E-state index contributed by atoms with van der Waals surface area (Å²) in [5.41, 5.74) is 1.19. The van der Waals surface area contributed by atoms with Gasteiger partial charge >= 0.3 is 5.97 Å². The summed E-state index contributed by atoms with van der Waals surface area (Å²) in [7, 11) is 0. The molecule has 1 saturated heterocycles. The Morgan fingerprint density at radius 1 is 1.40 bits per heavy atom. The van der Waals surface area contributed by atoms with Crippen molar-refractivity contribution >= 4 is 29.1 Å². The zero-order chi connectivity index (χ0) is 14.3. The van der Waals surface area contributed by atoms with Gasteiger partial charge in [-0.1, -0.05) is 0 Å². The number of piperazine rings is 1. The maximum Gasteiger partial charge on any atom is 0.328 e. The number of hydrogen-bond donors (Lipinski definition) is 2. The molecule has 1 unspecified atom stereocenters. The minimum atomic E-state index is -1.09. The minimum absolute atomic E-state index is 0.0367. The third-order valence-electron chi connectivity index (χ3n) is 3.69. The number of nitrogens with zero attached hydrogens (tertiary/aromatic N) is 1. The van der Waals surface area contributed by atoms with Crippen molar-refractivity contribution in [3.8, 4) is 0 Å². The molecular formula is C13H14N2O4S. The van der Waals surface area contributed by atoms with Crippen molar-refractivity contribution in [2.75, 3.05) is 13.1 Å². The van der Waals surface area contributed by atoms with E-state index in [0.29, 0.717) is 4.88 Å². The average Bonchev–Trinajstić information content (AvgIpc) is 2.97. The SMILES string of the molecule is O=C1CN(C(=O)c2cc3c(s2)CCC3)C(C(=O)O)CN1. The Morgan fingerprint density at radius 2 is 2.20 bits per heavy atom. The zero-order valence-corrected chi connectivity index (χ0v) is 11.5. The van der Waals surface area contributed by atoms with Crippen LogP contribution >= 0.6 is 11.3 Å². The number of hydrogen-bond acceptors (Lipinski definition) is 4. The molecule has 0 saturated carbocycles. The molecule has 2 amide bonds. The van der Waals surface area contributed by atoms with Gasteiger partial charge in [-0.05, 0) is 30.9 Å². The van der Waals surface area contributed by atoms with Gasteiger partial charge in [0.1, 0.15) is 12.6 Å². The fourth-order valence-corrected chi connectivity index (χ4v) is 3.86. The van der Waals surface area contributed by atoms with Crippen LogP contribution in [0.5, 0.6) is 0 Å². The quantitative estimate of drug-likeness (QED) is 0.819. The normalized spacial score (nSPS) is 21.5. The van der Waals surface area contributed by atoms with Crippen LogP contribution in [0.2, 0.25) is 0 Å². The van der Waals surface area contributed by atoms with Gasteiger partial charge in [0.15, 0.2) is 0 Å².